The van der Waals surface area contributed by atoms with Gasteiger partial charge in [0.15, 0.2) is 0 Å². The van der Waals surface area contributed by atoms with Crippen LogP contribution in [-0.2, 0) is 0 Å². The molecule has 186 valence electrons. The molecule has 2 saturated heterocycles. The van der Waals surface area contributed by atoms with Crippen LogP contribution in [0.2, 0.25) is 5.02 Å². The fraction of sp³-hybridized carbons (Fsp3) is 0.423. The predicted molar refractivity (Wildman–Crippen MR) is 138 cm³/mol. The Balaban J connectivity index is 0.00000141. The van der Waals surface area contributed by atoms with E-state index in [1.807, 2.05) is 43.5 Å². The highest BCUT2D eigenvalue weighted by molar-refractivity contribution is 6.34. The number of carboxylic acids is 1. The van der Waals surface area contributed by atoms with Crippen molar-refractivity contribution >= 4 is 34.2 Å². The molecule has 2 aliphatic heterocycles. The summed E-state index contributed by atoms with van der Waals surface area (Å²) in [6, 6.07) is 7.59. The lowest BCUT2D eigenvalue weighted by atomic mass is 10.1. The monoisotopic (exact) mass is 498 g/mol. The topological polar surface area (TPSA) is 96.7 Å². The molecule has 9 heteroatoms. The van der Waals surface area contributed by atoms with Crippen molar-refractivity contribution in [1.82, 2.24) is 14.9 Å². The molecule has 8 nitrogen and oxygen atoms in total. The lowest BCUT2D eigenvalue weighted by molar-refractivity contribution is 0.0694. The Kier molecular flexibility index (Phi) is 7.62. The second-order valence-corrected chi connectivity index (χ2v) is 9.05. The van der Waals surface area contributed by atoms with Crippen LogP contribution >= 0.6 is 11.6 Å². The minimum Gasteiger partial charge on any atom is -0.477 e. The summed E-state index contributed by atoms with van der Waals surface area (Å²) < 4.78 is 7.92. The minimum atomic E-state index is -1.23. The Hall–Kier alpha value is -3.10. The average Bonchev–Trinajstić information content (AvgIpc) is 3.28. The maximum Gasteiger partial charge on any atom is 0.341 e. The third-order valence-corrected chi connectivity index (χ3v) is 6.85. The number of aryl methyl sites for hydroxylation is 1. The van der Waals surface area contributed by atoms with Crippen LogP contribution in [0.5, 0.6) is 5.88 Å². The number of rotatable bonds is 6. The number of anilines is 1. The molecule has 0 aliphatic carbocycles. The van der Waals surface area contributed by atoms with Crippen LogP contribution in [0.3, 0.4) is 0 Å². The third-order valence-electron chi connectivity index (χ3n) is 6.54. The molecule has 35 heavy (non-hydrogen) atoms. The zero-order chi connectivity index (χ0) is 25.1. The smallest absolute Gasteiger partial charge is 0.341 e. The molecule has 2 aliphatic rings. The van der Waals surface area contributed by atoms with Gasteiger partial charge in [0.05, 0.1) is 28.3 Å². The molecule has 2 N–H and O–H groups in total. The van der Waals surface area contributed by atoms with E-state index in [0.717, 1.165) is 43.7 Å². The van der Waals surface area contributed by atoms with Gasteiger partial charge in [0.1, 0.15) is 12.2 Å². The van der Waals surface area contributed by atoms with Gasteiger partial charge in [-0.05, 0) is 38.0 Å². The van der Waals surface area contributed by atoms with E-state index in [-0.39, 0.29) is 17.6 Å². The number of aromatic carboxylic acids is 1. The standard InChI is InChI=1S/C24H25ClN4O4.C2H6/c1-14-4-2-6-27-23(14)33-13-15-5-3-7-28(15)21-9-20-17(8-19(21)25)22(30)18(24(31)32)12-29(20)16-10-26-11-16;1-2/h2,4,6,8-9,12,15-16,26H,3,5,7,10-11,13H2,1H3,(H,31,32);1-2H3. The summed E-state index contributed by atoms with van der Waals surface area (Å²) in [5, 5.41) is 13.5. The molecule has 0 bridgehead atoms. The zero-order valence-electron chi connectivity index (χ0n) is 20.3. The first-order chi connectivity index (χ1) is 16.9. The second-order valence-electron chi connectivity index (χ2n) is 8.64. The van der Waals surface area contributed by atoms with E-state index in [1.54, 1.807) is 12.3 Å². The first kappa shape index (κ1) is 25.0. The number of aromatic nitrogens is 2. The maximum absolute atomic E-state index is 12.9. The van der Waals surface area contributed by atoms with Gasteiger partial charge < -0.3 is 24.6 Å². The molecule has 5 rings (SSSR count). The van der Waals surface area contributed by atoms with E-state index in [4.69, 9.17) is 16.3 Å². The number of fused-ring (bicyclic) bond motifs is 1. The summed E-state index contributed by atoms with van der Waals surface area (Å²) in [5.74, 6) is -0.605. The highest BCUT2D eigenvalue weighted by atomic mass is 35.5. The van der Waals surface area contributed by atoms with Crippen molar-refractivity contribution < 1.29 is 14.6 Å². The molecule has 0 spiro atoms. The van der Waals surface area contributed by atoms with E-state index in [9.17, 15) is 14.7 Å². The van der Waals surface area contributed by atoms with E-state index in [0.29, 0.717) is 28.4 Å². The Morgan fingerprint density at radius 1 is 1.31 bits per heavy atom. The number of hydrogen-bond donors (Lipinski definition) is 2. The van der Waals surface area contributed by atoms with Crippen LogP contribution in [0, 0.1) is 6.92 Å². The number of nitrogens with one attached hydrogen (secondary N) is 1. The van der Waals surface area contributed by atoms with Crippen molar-refractivity contribution in [2.24, 2.45) is 0 Å². The number of benzene rings is 1. The highest BCUT2D eigenvalue weighted by Gasteiger charge is 2.29. The van der Waals surface area contributed by atoms with Gasteiger partial charge in [0.25, 0.3) is 0 Å². The summed E-state index contributed by atoms with van der Waals surface area (Å²) in [4.78, 5) is 31.1. The number of ether oxygens (including phenoxy) is 1. The molecular weight excluding hydrogens is 468 g/mol. The van der Waals surface area contributed by atoms with E-state index in [2.05, 4.69) is 15.2 Å². The first-order valence-corrected chi connectivity index (χ1v) is 12.5. The summed E-state index contributed by atoms with van der Waals surface area (Å²) in [7, 11) is 0. The van der Waals surface area contributed by atoms with Crippen molar-refractivity contribution in [3.63, 3.8) is 0 Å². The molecule has 1 atom stereocenters. The quantitative estimate of drug-likeness (QED) is 0.523. The summed E-state index contributed by atoms with van der Waals surface area (Å²) >= 11 is 6.67. The molecule has 0 radical (unpaired) electrons. The highest BCUT2D eigenvalue weighted by Crippen LogP contribution is 2.36. The molecule has 3 aromatic rings. The lowest BCUT2D eigenvalue weighted by Gasteiger charge is -2.32. The normalized spacial score (nSPS) is 17.6. The fourth-order valence-corrected chi connectivity index (χ4v) is 4.90. The van der Waals surface area contributed by atoms with Crippen LogP contribution < -0.4 is 20.4 Å². The summed E-state index contributed by atoms with van der Waals surface area (Å²) in [6.45, 7) is 8.71. The number of pyridine rings is 2. The van der Waals surface area contributed by atoms with E-state index < -0.39 is 11.4 Å². The number of carbonyl (C=O) groups is 1. The lowest BCUT2D eigenvalue weighted by Crippen LogP contribution is -2.44. The number of hydrogen-bond acceptors (Lipinski definition) is 6. The number of halogens is 1. The van der Waals surface area contributed by atoms with Crippen molar-refractivity contribution in [3.8, 4) is 5.88 Å². The largest absolute Gasteiger partial charge is 0.477 e. The van der Waals surface area contributed by atoms with Crippen molar-refractivity contribution in [2.45, 2.75) is 45.7 Å². The van der Waals surface area contributed by atoms with E-state index >= 15 is 0 Å². The number of nitrogens with zero attached hydrogens (tertiary/aromatic N) is 3. The van der Waals surface area contributed by atoms with Gasteiger partial charge in [0.2, 0.25) is 11.3 Å². The average molecular weight is 499 g/mol. The Labute approximate surface area is 209 Å². The van der Waals surface area contributed by atoms with Crippen LogP contribution in [0.15, 0.2) is 41.5 Å². The molecule has 2 aromatic heterocycles. The molecule has 1 aromatic carbocycles. The Bertz CT molecular complexity index is 1290. The third kappa shape index (κ3) is 4.86. The van der Waals surface area contributed by atoms with Crippen LogP contribution in [-0.4, -0.2) is 52.9 Å². The molecule has 4 heterocycles. The Morgan fingerprint density at radius 3 is 2.74 bits per heavy atom. The molecule has 2 fully saturated rings. The number of carboxylic acid groups (broad SMARTS) is 1. The molecule has 1 unspecified atom stereocenters. The first-order valence-electron chi connectivity index (χ1n) is 12.1. The van der Waals surface area contributed by atoms with Crippen molar-refractivity contribution in [1.29, 1.82) is 0 Å². The zero-order valence-corrected chi connectivity index (χ0v) is 21.0. The van der Waals surface area contributed by atoms with Crippen LogP contribution in [0.25, 0.3) is 10.9 Å². The van der Waals surface area contributed by atoms with Gasteiger partial charge in [-0.2, -0.15) is 0 Å². The van der Waals surface area contributed by atoms with Gasteiger partial charge in [-0.1, -0.05) is 31.5 Å². The van der Waals surface area contributed by atoms with Gasteiger partial charge >= 0.3 is 5.97 Å². The van der Waals surface area contributed by atoms with Gasteiger partial charge in [-0.25, -0.2) is 9.78 Å². The summed E-state index contributed by atoms with van der Waals surface area (Å²) in [5.41, 5.74) is 1.76. The Morgan fingerprint density at radius 2 is 2.09 bits per heavy atom. The molecular formula is C26H31ClN4O4. The van der Waals surface area contributed by atoms with Gasteiger partial charge in [0, 0.05) is 43.0 Å². The SMILES string of the molecule is CC.Cc1cccnc1OCC1CCCN1c1cc2c(cc1Cl)c(=O)c(C(=O)O)cn2C1CNC1. The minimum absolute atomic E-state index is 0.0880. The van der Waals surface area contributed by atoms with Gasteiger partial charge in [-0.15, -0.1) is 0 Å². The van der Waals surface area contributed by atoms with E-state index in [1.165, 1.54) is 6.20 Å². The molecule has 0 saturated carbocycles. The second kappa shape index (κ2) is 10.7. The van der Waals surface area contributed by atoms with Crippen LogP contribution in [0.4, 0.5) is 5.69 Å². The fourth-order valence-electron chi connectivity index (χ4n) is 4.63. The summed E-state index contributed by atoms with van der Waals surface area (Å²) in [6.07, 6.45) is 5.14. The van der Waals surface area contributed by atoms with Crippen LogP contribution in [0.1, 0.15) is 48.7 Å². The van der Waals surface area contributed by atoms with Crippen molar-refractivity contribution in [2.75, 3.05) is 31.1 Å². The molecule has 0 amide bonds. The predicted octanol–water partition coefficient (Wildman–Crippen LogP) is 4.27. The maximum atomic E-state index is 12.9. The van der Waals surface area contributed by atoms with Gasteiger partial charge in [-0.3, -0.25) is 4.79 Å². The van der Waals surface area contributed by atoms with Crippen molar-refractivity contribution in [3.05, 3.63) is 63.0 Å².